The molecule has 0 aliphatic carbocycles. The first-order valence-electron chi connectivity index (χ1n) is 8.31. The van der Waals surface area contributed by atoms with E-state index in [-0.39, 0.29) is 11.0 Å². The molecule has 0 spiro atoms. The summed E-state index contributed by atoms with van der Waals surface area (Å²) in [6, 6.07) is 15.6. The zero-order valence-corrected chi connectivity index (χ0v) is 15.2. The van der Waals surface area contributed by atoms with E-state index in [1.165, 1.54) is 0 Å². The fourth-order valence-electron chi connectivity index (χ4n) is 2.60. The minimum Gasteiger partial charge on any atom is -0.305 e. The van der Waals surface area contributed by atoms with Gasteiger partial charge in [0, 0.05) is 31.4 Å². The lowest BCUT2D eigenvalue weighted by atomic mass is 10.2. The van der Waals surface area contributed by atoms with Crippen LogP contribution < -0.4 is 0 Å². The van der Waals surface area contributed by atoms with Gasteiger partial charge in [0.1, 0.15) is 0 Å². The van der Waals surface area contributed by atoms with Crippen molar-refractivity contribution < 1.29 is 8.42 Å². The van der Waals surface area contributed by atoms with Crippen molar-refractivity contribution >= 4 is 9.84 Å². The van der Waals surface area contributed by atoms with Gasteiger partial charge in [0.15, 0.2) is 9.84 Å². The maximum Gasteiger partial charge on any atom is 0.154 e. The Balaban J connectivity index is 1.80. The number of likely N-dealkylation sites (N-methyl/N-ethyl adjacent to an activating group) is 1. The lowest BCUT2D eigenvalue weighted by Crippen LogP contribution is -2.35. The van der Waals surface area contributed by atoms with Crippen molar-refractivity contribution in [2.75, 3.05) is 25.9 Å². The number of pyridine rings is 1. The van der Waals surface area contributed by atoms with E-state index in [9.17, 15) is 8.42 Å². The van der Waals surface area contributed by atoms with Gasteiger partial charge in [0.25, 0.3) is 0 Å². The summed E-state index contributed by atoms with van der Waals surface area (Å²) in [5.74, 6) is 0.201. The van der Waals surface area contributed by atoms with Gasteiger partial charge < -0.3 is 4.90 Å². The highest BCUT2D eigenvalue weighted by molar-refractivity contribution is 7.92. The van der Waals surface area contributed by atoms with Crippen LogP contribution in [0.1, 0.15) is 18.2 Å². The minimum atomic E-state index is -3.09. The zero-order valence-electron chi connectivity index (χ0n) is 14.4. The molecule has 0 radical (unpaired) electrons. The molecule has 1 aromatic carbocycles. The number of aryl methyl sites for hydroxylation is 1. The van der Waals surface area contributed by atoms with E-state index in [0.717, 1.165) is 24.2 Å². The molecule has 1 aromatic heterocycles. The van der Waals surface area contributed by atoms with Crippen LogP contribution in [0.25, 0.3) is 0 Å². The number of hydrogen-bond acceptors (Lipinski definition) is 4. The van der Waals surface area contributed by atoms with Gasteiger partial charge in [-0.05, 0) is 38.1 Å². The smallest absolute Gasteiger partial charge is 0.154 e. The average Bonchev–Trinajstić information content (AvgIpc) is 2.60. The van der Waals surface area contributed by atoms with E-state index in [1.54, 1.807) is 13.1 Å². The molecule has 2 rings (SSSR count). The molecule has 0 bridgehead atoms. The molecule has 130 valence electrons. The summed E-state index contributed by atoms with van der Waals surface area (Å²) in [6.07, 6.45) is 3.19. The Kier molecular flexibility index (Phi) is 6.94. The van der Waals surface area contributed by atoms with Crippen LogP contribution in [-0.2, 0) is 22.7 Å². The quantitative estimate of drug-likeness (QED) is 0.700. The molecule has 0 saturated carbocycles. The summed E-state index contributed by atoms with van der Waals surface area (Å²) >= 11 is 0. The third kappa shape index (κ3) is 6.06. The highest BCUT2D eigenvalue weighted by Crippen LogP contribution is 2.09. The molecule has 1 unspecified atom stereocenters. The number of sulfone groups is 1. The van der Waals surface area contributed by atoms with E-state index in [2.05, 4.69) is 9.88 Å². The van der Waals surface area contributed by atoms with Crippen molar-refractivity contribution in [1.29, 1.82) is 0 Å². The fraction of sp³-hybridized carbons (Fsp3) is 0.421. The highest BCUT2D eigenvalue weighted by atomic mass is 32.2. The SMILES string of the molecule is CC(CN(C)CCc1ccccn1)S(=O)(=O)CCc1ccccc1. The molecule has 0 aliphatic heterocycles. The fourth-order valence-corrected chi connectivity index (χ4v) is 4.01. The second kappa shape index (κ2) is 8.94. The number of rotatable bonds is 9. The van der Waals surface area contributed by atoms with Gasteiger partial charge in [-0.1, -0.05) is 36.4 Å². The van der Waals surface area contributed by atoms with Gasteiger partial charge in [-0.25, -0.2) is 8.42 Å². The Bertz CT molecular complexity index is 703. The van der Waals surface area contributed by atoms with Gasteiger partial charge in [-0.15, -0.1) is 0 Å². The van der Waals surface area contributed by atoms with Crippen molar-refractivity contribution in [2.24, 2.45) is 0 Å². The lowest BCUT2D eigenvalue weighted by Gasteiger charge is -2.21. The van der Waals surface area contributed by atoms with Gasteiger partial charge in [-0.3, -0.25) is 4.98 Å². The summed E-state index contributed by atoms with van der Waals surface area (Å²) in [6.45, 7) is 3.15. The van der Waals surface area contributed by atoms with Crippen LogP contribution in [0.3, 0.4) is 0 Å². The highest BCUT2D eigenvalue weighted by Gasteiger charge is 2.22. The predicted octanol–water partition coefficient (Wildman–Crippen LogP) is 2.60. The summed E-state index contributed by atoms with van der Waals surface area (Å²) in [5, 5.41) is -0.366. The standard InChI is InChI=1S/C19H26N2O2S/c1-17(16-21(2)14-11-19-10-6-7-13-20-19)24(22,23)15-12-18-8-4-3-5-9-18/h3-10,13,17H,11-12,14-16H2,1-2H3. The van der Waals surface area contributed by atoms with Crippen LogP contribution in [-0.4, -0.2) is 49.4 Å². The lowest BCUT2D eigenvalue weighted by molar-refractivity contribution is 0.337. The number of nitrogens with zero attached hydrogens (tertiary/aromatic N) is 2. The zero-order chi connectivity index (χ0) is 17.4. The Morgan fingerprint density at radius 2 is 1.75 bits per heavy atom. The predicted molar refractivity (Wildman–Crippen MR) is 98.8 cm³/mol. The van der Waals surface area contributed by atoms with Crippen LogP contribution >= 0.6 is 0 Å². The number of hydrogen-bond donors (Lipinski definition) is 0. The molecule has 1 atom stereocenters. The molecular formula is C19H26N2O2S. The van der Waals surface area contributed by atoms with Gasteiger partial charge in [-0.2, -0.15) is 0 Å². The van der Waals surface area contributed by atoms with E-state index in [1.807, 2.05) is 55.6 Å². The third-order valence-electron chi connectivity index (χ3n) is 4.18. The molecule has 2 aromatic rings. The molecule has 0 amide bonds. The maximum atomic E-state index is 12.5. The minimum absolute atomic E-state index is 0.201. The Labute approximate surface area is 145 Å². The molecule has 4 nitrogen and oxygen atoms in total. The van der Waals surface area contributed by atoms with Crippen LogP contribution in [0.2, 0.25) is 0 Å². The molecule has 0 fully saturated rings. The number of benzene rings is 1. The first-order valence-corrected chi connectivity index (χ1v) is 10.0. The molecular weight excluding hydrogens is 320 g/mol. The first kappa shape index (κ1) is 18.6. The van der Waals surface area contributed by atoms with E-state index < -0.39 is 9.84 Å². The van der Waals surface area contributed by atoms with Crippen molar-refractivity contribution in [3.8, 4) is 0 Å². The van der Waals surface area contributed by atoms with Crippen molar-refractivity contribution in [3.63, 3.8) is 0 Å². The van der Waals surface area contributed by atoms with E-state index >= 15 is 0 Å². The molecule has 0 aliphatic rings. The second-order valence-corrected chi connectivity index (χ2v) is 8.79. The first-order chi connectivity index (χ1) is 11.5. The van der Waals surface area contributed by atoms with Crippen LogP contribution in [0.15, 0.2) is 54.7 Å². The Morgan fingerprint density at radius 3 is 2.42 bits per heavy atom. The normalized spacial score (nSPS) is 13.1. The van der Waals surface area contributed by atoms with Crippen molar-refractivity contribution in [2.45, 2.75) is 25.0 Å². The molecule has 0 saturated heterocycles. The average molecular weight is 346 g/mol. The van der Waals surface area contributed by atoms with Crippen LogP contribution in [0.4, 0.5) is 0 Å². The van der Waals surface area contributed by atoms with Gasteiger partial charge in [0.05, 0.1) is 11.0 Å². The Hall–Kier alpha value is -1.72. The topological polar surface area (TPSA) is 50.3 Å². The van der Waals surface area contributed by atoms with Crippen molar-refractivity contribution in [1.82, 2.24) is 9.88 Å². The van der Waals surface area contributed by atoms with Crippen LogP contribution in [0.5, 0.6) is 0 Å². The maximum absolute atomic E-state index is 12.5. The molecule has 0 N–H and O–H groups in total. The molecule has 24 heavy (non-hydrogen) atoms. The van der Waals surface area contributed by atoms with E-state index in [0.29, 0.717) is 13.0 Å². The molecule has 5 heteroatoms. The summed E-state index contributed by atoms with van der Waals surface area (Å²) in [5.41, 5.74) is 2.10. The van der Waals surface area contributed by atoms with Crippen LogP contribution in [0, 0.1) is 0 Å². The van der Waals surface area contributed by atoms with E-state index in [4.69, 9.17) is 0 Å². The largest absolute Gasteiger partial charge is 0.305 e. The second-order valence-electron chi connectivity index (χ2n) is 6.25. The van der Waals surface area contributed by atoms with Gasteiger partial charge >= 0.3 is 0 Å². The summed E-state index contributed by atoms with van der Waals surface area (Å²) in [7, 11) is -1.13. The third-order valence-corrected chi connectivity index (χ3v) is 6.32. The number of aromatic nitrogens is 1. The summed E-state index contributed by atoms with van der Waals surface area (Å²) in [4.78, 5) is 6.37. The van der Waals surface area contributed by atoms with Crippen molar-refractivity contribution in [3.05, 3.63) is 66.0 Å². The Morgan fingerprint density at radius 1 is 1.04 bits per heavy atom. The van der Waals surface area contributed by atoms with Gasteiger partial charge in [0.2, 0.25) is 0 Å². The summed E-state index contributed by atoms with van der Waals surface area (Å²) < 4.78 is 24.9. The monoisotopic (exact) mass is 346 g/mol. The molecule has 1 heterocycles.